The van der Waals surface area contributed by atoms with Crippen molar-refractivity contribution in [3.05, 3.63) is 64.5 Å². The van der Waals surface area contributed by atoms with Gasteiger partial charge in [0.1, 0.15) is 6.04 Å². The van der Waals surface area contributed by atoms with Crippen molar-refractivity contribution in [2.24, 2.45) is 0 Å². The van der Waals surface area contributed by atoms with Gasteiger partial charge in [0.05, 0.1) is 4.92 Å². The van der Waals surface area contributed by atoms with E-state index in [2.05, 4.69) is 16.0 Å². The zero-order chi connectivity index (χ0) is 18.4. The number of hydrogen-bond donors (Lipinski definition) is 3. The summed E-state index contributed by atoms with van der Waals surface area (Å²) in [5.74, 6) is -1.61. The Kier molecular flexibility index (Phi) is 5.62. The fourth-order valence-electron chi connectivity index (χ4n) is 1.93. The molecule has 2 rings (SSSR count). The van der Waals surface area contributed by atoms with E-state index in [1.165, 1.54) is 13.0 Å². The molecule has 0 aliphatic heterocycles. The van der Waals surface area contributed by atoms with Crippen LogP contribution in [0.3, 0.4) is 0 Å². The van der Waals surface area contributed by atoms with Gasteiger partial charge in [-0.05, 0) is 31.2 Å². The highest BCUT2D eigenvalue weighted by Gasteiger charge is 2.19. The second-order valence-corrected chi connectivity index (χ2v) is 5.10. The second kappa shape index (κ2) is 7.86. The van der Waals surface area contributed by atoms with Gasteiger partial charge in [0, 0.05) is 17.4 Å². The van der Waals surface area contributed by atoms with E-state index >= 15 is 0 Å². The Bertz CT molecular complexity index is 798. The van der Waals surface area contributed by atoms with Crippen LogP contribution in [0.2, 0.25) is 0 Å². The van der Waals surface area contributed by atoms with Crippen LogP contribution >= 0.6 is 0 Å². The number of nitro groups is 1. The number of rotatable bonds is 5. The highest BCUT2D eigenvalue weighted by atomic mass is 19.1. The van der Waals surface area contributed by atoms with Crippen molar-refractivity contribution in [1.82, 2.24) is 5.32 Å². The van der Waals surface area contributed by atoms with E-state index in [0.29, 0.717) is 5.69 Å². The lowest BCUT2D eigenvalue weighted by molar-refractivity contribution is -0.387. The van der Waals surface area contributed by atoms with Crippen molar-refractivity contribution in [2.45, 2.75) is 13.0 Å². The van der Waals surface area contributed by atoms with Crippen molar-refractivity contribution >= 4 is 29.0 Å². The maximum absolute atomic E-state index is 13.3. The van der Waals surface area contributed by atoms with Gasteiger partial charge in [-0.15, -0.1) is 0 Å². The van der Waals surface area contributed by atoms with Gasteiger partial charge in [-0.25, -0.2) is 4.79 Å². The molecule has 3 N–H and O–H groups in total. The molecule has 0 spiro atoms. The van der Waals surface area contributed by atoms with E-state index in [9.17, 15) is 24.1 Å². The van der Waals surface area contributed by atoms with E-state index in [-0.39, 0.29) is 5.69 Å². The molecule has 8 nitrogen and oxygen atoms in total. The Morgan fingerprint density at radius 3 is 2.40 bits per heavy atom. The molecule has 2 aromatic rings. The van der Waals surface area contributed by atoms with Crippen LogP contribution in [-0.2, 0) is 4.79 Å². The molecule has 1 unspecified atom stereocenters. The summed E-state index contributed by atoms with van der Waals surface area (Å²) >= 11 is 0. The van der Waals surface area contributed by atoms with Gasteiger partial charge in [-0.2, -0.15) is 4.39 Å². The van der Waals surface area contributed by atoms with Gasteiger partial charge in [-0.3, -0.25) is 14.9 Å². The molecular weight excluding hydrogens is 331 g/mol. The highest BCUT2D eigenvalue weighted by Crippen LogP contribution is 2.21. The molecule has 0 aromatic heterocycles. The number of anilines is 2. The van der Waals surface area contributed by atoms with Crippen molar-refractivity contribution in [3.8, 4) is 0 Å². The number of halogens is 1. The Balaban J connectivity index is 1.95. The average Bonchev–Trinajstić information content (AvgIpc) is 2.57. The van der Waals surface area contributed by atoms with E-state index in [4.69, 9.17) is 0 Å². The van der Waals surface area contributed by atoms with Crippen LogP contribution in [0.4, 0.5) is 26.2 Å². The molecule has 9 heteroatoms. The first kappa shape index (κ1) is 17.9. The Labute approximate surface area is 142 Å². The standard InChI is InChI=1S/C16H15FN4O4/c1-10(18-16(23)20-11-5-3-2-4-6-11)15(22)19-12-7-8-13(17)14(9-12)21(24)25/h2-10H,1H3,(H,19,22)(H2,18,20,23). The second-order valence-electron chi connectivity index (χ2n) is 5.10. The first-order chi connectivity index (χ1) is 11.9. The van der Waals surface area contributed by atoms with Gasteiger partial charge in [-0.1, -0.05) is 18.2 Å². The zero-order valence-electron chi connectivity index (χ0n) is 13.2. The number of carbonyl (C=O) groups excluding carboxylic acids is 2. The number of amides is 3. The SMILES string of the molecule is CC(NC(=O)Nc1ccccc1)C(=O)Nc1ccc(F)c([N+](=O)[O-])c1. The molecule has 0 aliphatic rings. The lowest BCUT2D eigenvalue weighted by Gasteiger charge is -2.15. The maximum Gasteiger partial charge on any atom is 0.319 e. The first-order valence-corrected chi connectivity index (χ1v) is 7.24. The minimum Gasteiger partial charge on any atom is -0.326 e. The molecule has 0 radical (unpaired) electrons. The Morgan fingerprint density at radius 2 is 1.76 bits per heavy atom. The summed E-state index contributed by atoms with van der Waals surface area (Å²) in [6.07, 6.45) is 0. The van der Waals surface area contributed by atoms with Gasteiger partial charge in [0.25, 0.3) is 0 Å². The molecule has 2 aromatic carbocycles. The predicted molar refractivity (Wildman–Crippen MR) is 89.7 cm³/mol. The summed E-state index contributed by atoms with van der Waals surface area (Å²) in [5.41, 5.74) is -0.141. The molecule has 25 heavy (non-hydrogen) atoms. The number of nitrogens with one attached hydrogen (secondary N) is 3. The largest absolute Gasteiger partial charge is 0.326 e. The Morgan fingerprint density at radius 1 is 1.08 bits per heavy atom. The number of benzene rings is 2. The molecule has 0 saturated carbocycles. The summed E-state index contributed by atoms with van der Waals surface area (Å²) in [6.45, 7) is 1.44. The summed E-state index contributed by atoms with van der Waals surface area (Å²) in [4.78, 5) is 33.7. The van der Waals surface area contributed by atoms with E-state index in [0.717, 1.165) is 12.1 Å². The minimum absolute atomic E-state index is 0.0511. The first-order valence-electron chi connectivity index (χ1n) is 7.24. The number of urea groups is 1. The van der Waals surface area contributed by atoms with Gasteiger partial charge >= 0.3 is 11.7 Å². The number of nitro benzene ring substituents is 1. The van der Waals surface area contributed by atoms with Crippen LogP contribution < -0.4 is 16.0 Å². The summed E-state index contributed by atoms with van der Waals surface area (Å²) in [7, 11) is 0. The molecule has 0 aliphatic carbocycles. The highest BCUT2D eigenvalue weighted by molar-refractivity contribution is 5.99. The van der Waals surface area contributed by atoms with Crippen LogP contribution in [0.1, 0.15) is 6.92 Å². The zero-order valence-corrected chi connectivity index (χ0v) is 13.2. The summed E-state index contributed by atoms with van der Waals surface area (Å²) < 4.78 is 13.3. The third kappa shape index (κ3) is 4.99. The molecule has 0 fully saturated rings. The third-order valence-corrected chi connectivity index (χ3v) is 3.18. The van der Waals surface area contributed by atoms with Crippen molar-refractivity contribution in [2.75, 3.05) is 10.6 Å². The van der Waals surface area contributed by atoms with Gasteiger partial charge < -0.3 is 16.0 Å². The number of para-hydroxylation sites is 1. The Hall–Kier alpha value is -3.49. The van der Waals surface area contributed by atoms with Crippen LogP contribution in [0, 0.1) is 15.9 Å². The predicted octanol–water partition coefficient (Wildman–Crippen LogP) is 2.88. The van der Waals surface area contributed by atoms with Crippen molar-refractivity contribution in [3.63, 3.8) is 0 Å². The summed E-state index contributed by atoms with van der Waals surface area (Å²) in [5, 5.41) is 18.1. The van der Waals surface area contributed by atoms with Crippen LogP contribution in [0.15, 0.2) is 48.5 Å². The normalized spacial score (nSPS) is 11.3. The summed E-state index contributed by atoms with van der Waals surface area (Å²) in [6, 6.07) is 10.1. The van der Waals surface area contributed by atoms with Gasteiger partial charge in [0.2, 0.25) is 11.7 Å². The van der Waals surface area contributed by atoms with E-state index in [1.54, 1.807) is 30.3 Å². The monoisotopic (exact) mass is 346 g/mol. The molecular formula is C16H15FN4O4. The van der Waals surface area contributed by atoms with Crippen LogP contribution in [0.5, 0.6) is 0 Å². The number of nitrogens with zero attached hydrogens (tertiary/aromatic N) is 1. The topological polar surface area (TPSA) is 113 Å². The van der Waals surface area contributed by atoms with Crippen molar-refractivity contribution in [1.29, 1.82) is 0 Å². The molecule has 3 amide bonds. The number of hydrogen-bond acceptors (Lipinski definition) is 4. The van der Waals surface area contributed by atoms with Crippen LogP contribution in [0.25, 0.3) is 0 Å². The number of carbonyl (C=O) groups is 2. The third-order valence-electron chi connectivity index (χ3n) is 3.18. The lowest BCUT2D eigenvalue weighted by atomic mass is 10.2. The van der Waals surface area contributed by atoms with E-state index < -0.39 is 34.4 Å². The molecule has 0 heterocycles. The molecule has 1 atom stereocenters. The quantitative estimate of drug-likeness (QED) is 0.570. The average molecular weight is 346 g/mol. The minimum atomic E-state index is -1.00. The molecule has 0 bridgehead atoms. The molecule has 130 valence electrons. The van der Waals surface area contributed by atoms with Crippen LogP contribution in [-0.4, -0.2) is 22.9 Å². The lowest BCUT2D eigenvalue weighted by Crippen LogP contribution is -2.43. The van der Waals surface area contributed by atoms with Crippen molar-refractivity contribution < 1.29 is 18.9 Å². The van der Waals surface area contributed by atoms with Gasteiger partial charge in [0.15, 0.2) is 0 Å². The fraction of sp³-hybridized carbons (Fsp3) is 0.125. The fourth-order valence-corrected chi connectivity index (χ4v) is 1.93. The van der Waals surface area contributed by atoms with E-state index in [1.807, 2.05) is 0 Å². The maximum atomic E-state index is 13.3. The smallest absolute Gasteiger partial charge is 0.319 e. The molecule has 0 saturated heterocycles.